The van der Waals surface area contributed by atoms with E-state index in [1.54, 1.807) is 0 Å². The van der Waals surface area contributed by atoms with Crippen LogP contribution in [-0.4, -0.2) is 24.0 Å². The molecule has 2 atom stereocenters. The molecule has 0 saturated heterocycles. The minimum Gasteiger partial charge on any atom is -0.324 e. The maximum Gasteiger partial charge on any atom is 0.0333 e. The van der Waals surface area contributed by atoms with Gasteiger partial charge in [0.05, 0.1) is 0 Å². The summed E-state index contributed by atoms with van der Waals surface area (Å²) in [5, 5.41) is 0. The summed E-state index contributed by atoms with van der Waals surface area (Å²) < 4.78 is 0. The van der Waals surface area contributed by atoms with Gasteiger partial charge in [0.2, 0.25) is 0 Å². The number of hydrogen-bond donors (Lipinski definition) is 1. The third kappa shape index (κ3) is 4.32. The van der Waals surface area contributed by atoms with Gasteiger partial charge in [0, 0.05) is 18.6 Å². The molecule has 2 unspecified atom stereocenters. The molecule has 19 heavy (non-hydrogen) atoms. The van der Waals surface area contributed by atoms with E-state index in [0.717, 1.165) is 12.6 Å². The van der Waals surface area contributed by atoms with Crippen LogP contribution in [0.15, 0.2) is 30.3 Å². The maximum absolute atomic E-state index is 6.41. The Morgan fingerprint density at radius 1 is 1.26 bits per heavy atom. The van der Waals surface area contributed by atoms with Gasteiger partial charge in [-0.25, -0.2) is 0 Å². The second-order valence-electron chi connectivity index (χ2n) is 5.99. The Labute approximate surface area is 118 Å². The summed E-state index contributed by atoms with van der Waals surface area (Å²) in [6, 6.07) is 11.5. The molecule has 0 spiro atoms. The van der Waals surface area contributed by atoms with Crippen molar-refractivity contribution >= 4 is 0 Å². The van der Waals surface area contributed by atoms with Gasteiger partial charge in [0.1, 0.15) is 0 Å². The molecule has 1 aliphatic carbocycles. The minimum atomic E-state index is 0.157. The van der Waals surface area contributed by atoms with Crippen LogP contribution < -0.4 is 5.73 Å². The average Bonchev–Trinajstić information content (AvgIpc) is 3.28. The molecule has 106 valence electrons. The number of rotatable bonds is 8. The molecule has 0 heterocycles. The van der Waals surface area contributed by atoms with Crippen LogP contribution in [0.3, 0.4) is 0 Å². The Morgan fingerprint density at radius 2 is 1.95 bits per heavy atom. The smallest absolute Gasteiger partial charge is 0.0333 e. The molecule has 2 heteroatoms. The third-order valence-electron chi connectivity index (χ3n) is 4.18. The SMILES string of the molecule is CCCCN(CC(C)C(N)c1ccccc1)C1CC1. The van der Waals surface area contributed by atoms with Gasteiger partial charge in [-0.15, -0.1) is 0 Å². The number of benzene rings is 1. The first-order valence-electron chi connectivity index (χ1n) is 7.77. The van der Waals surface area contributed by atoms with E-state index in [1.165, 1.54) is 37.8 Å². The molecule has 2 N–H and O–H groups in total. The van der Waals surface area contributed by atoms with Crippen LogP contribution in [-0.2, 0) is 0 Å². The van der Waals surface area contributed by atoms with Crippen LogP contribution in [0.25, 0.3) is 0 Å². The average molecular weight is 260 g/mol. The molecule has 1 aromatic carbocycles. The highest BCUT2D eigenvalue weighted by Crippen LogP contribution is 2.29. The second kappa shape index (κ2) is 7.06. The summed E-state index contributed by atoms with van der Waals surface area (Å²) >= 11 is 0. The first-order chi connectivity index (χ1) is 9.22. The minimum absolute atomic E-state index is 0.157. The highest BCUT2D eigenvalue weighted by Gasteiger charge is 2.30. The zero-order chi connectivity index (χ0) is 13.7. The largest absolute Gasteiger partial charge is 0.324 e. The zero-order valence-corrected chi connectivity index (χ0v) is 12.4. The molecule has 1 saturated carbocycles. The van der Waals surface area contributed by atoms with Crippen LogP contribution in [0.1, 0.15) is 51.1 Å². The van der Waals surface area contributed by atoms with Crippen molar-refractivity contribution in [2.45, 2.75) is 51.6 Å². The van der Waals surface area contributed by atoms with Gasteiger partial charge in [-0.1, -0.05) is 50.6 Å². The van der Waals surface area contributed by atoms with E-state index in [9.17, 15) is 0 Å². The van der Waals surface area contributed by atoms with Crippen molar-refractivity contribution < 1.29 is 0 Å². The second-order valence-corrected chi connectivity index (χ2v) is 5.99. The number of nitrogens with zero attached hydrogens (tertiary/aromatic N) is 1. The first kappa shape index (κ1) is 14.5. The van der Waals surface area contributed by atoms with Gasteiger partial charge in [-0.2, -0.15) is 0 Å². The van der Waals surface area contributed by atoms with E-state index in [4.69, 9.17) is 5.73 Å². The van der Waals surface area contributed by atoms with Crippen molar-refractivity contribution in [2.75, 3.05) is 13.1 Å². The fourth-order valence-electron chi connectivity index (χ4n) is 2.71. The van der Waals surface area contributed by atoms with E-state index >= 15 is 0 Å². The van der Waals surface area contributed by atoms with Crippen LogP contribution in [0.5, 0.6) is 0 Å². The van der Waals surface area contributed by atoms with Crippen LogP contribution in [0.2, 0.25) is 0 Å². The Hall–Kier alpha value is -0.860. The molecule has 1 aromatic rings. The molecule has 0 aliphatic heterocycles. The van der Waals surface area contributed by atoms with Crippen molar-refractivity contribution in [3.05, 3.63) is 35.9 Å². The molecule has 0 amide bonds. The van der Waals surface area contributed by atoms with Crippen molar-refractivity contribution in [1.82, 2.24) is 4.90 Å². The van der Waals surface area contributed by atoms with E-state index in [2.05, 4.69) is 49.1 Å². The summed E-state index contributed by atoms with van der Waals surface area (Å²) in [6.07, 6.45) is 5.36. The van der Waals surface area contributed by atoms with Crippen molar-refractivity contribution in [3.63, 3.8) is 0 Å². The molecular formula is C17H28N2. The molecule has 1 aliphatic rings. The van der Waals surface area contributed by atoms with Gasteiger partial charge in [-0.3, -0.25) is 0 Å². The summed E-state index contributed by atoms with van der Waals surface area (Å²) in [5.74, 6) is 0.514. The Kier molecular flexibility index (Phi) is 5.41. The number of unbranched alkanes of at least 4 members (excludes halogenated alkanes) is 1. The van der Waals surface area contributed by atoms with E-state index < -0.39 is 0 Å². The van der Waals surface area contributed by atoms with Crippen molar-refractivity contribution in [2.24, 2.45) is 11.7 Å². The molecular weight excluding hydrogens is 232 g/mol. The third-order valence-corrected chi connectivity index (χ3v) is 4.18. The molecule has 1 fully saturated rings. The summed E-state index contributed by atoms with van der Waals surface area (Å²) in [5.41, 5.74) is 7.67. The maximum atomic E-state index is 6.41. The van der Waals surface area contributed by atoms with Gasteiger partial charge < -0.3 is 10.6 Å². The topological polar surface area (TPSA) is 29.3 Å². The molecule has 2 nitrogen and oxygen atoms in total. The lowest BCUT2D eigenvalue weighted by Crippen LogP contribution is -2.35. The van der Waals surface area contributed by atoms with Crippen molar-refractivity contribution in [3.8, 4) is 0 Å². The van der Waals surface area contributed by atoms with E-state index in [0.29, 0.717) is 5.92 Å². The fraction of sp³-hybridized carbons (Fsp3) is 0.647. The fourth-order valence-corrected chi connectivity index (χ4v) is 2.71. The lowest BCUT2D eigenvalue weighted by Gasteiger charge is -2.29. The molecule has 2 rings (SSSR count). The Bertz CT molecular complexity index is 359. The zero-order valence-electron chi connectivity index (χ0n) is 12.4. The monoisotopic (exact) mass is 260 g/mol. The van der Waals surface area contributed by atoms with Crippen LogP contribution in [0.4, 0.5) is 0 Å². The number of nitrogens with two attached hydrogens (primary N) is 1. The predicted octanol–water partition coefficient (Wildman–Crippen LogP) is 3.59. The van der Waals surface area contributed by atoms with Gasteiger partial charge in [0.15, 0.2) is 0 Å². The highest BCUT2D eigenvalue weighted by molar-refractivity contribution is 5.19. The van der Waals surface area contributed by atoms with Gasteiger partial charge in [-0.05, 0) is 37.3 Å². The Balaban J connectivity index is 1.89. The van der Waals surface area contributed by atoms with Gasteiger partial charge in [0.25, 0.3) is 0 Å². The number of hydrogen-bond acceptors (Lipinski definition) is 2. The lowest BCUT2D eigenvalue weighted by molar-refractivity contribution is 0.210. The molecule has 0 aromatic heterocycles. The van der Waals surface area contributed by atoms with E-state index in [1.807, 2.05) is 0 Å². The molecule has 0 radical (unpaired) electrons. The van der Waals surface area contributed by atoms with Crippen LogP contribution >= 0.6 is 0 Å². The first-order valence-corrected chi connectivity index (χ1v) is 7.77. The van der Waals surface area contributed by atoms with Crippen LogP contribution in [0, 0.1) is 5.92 Å². The quantitative estimate of drug-likeness (QED) is 0.774. The summed E-state index contributed by atoms with van der Waals surface area (Å²) in [6.45, 7) is 6.94. The van der Waals surface area contributed by atoms with Gasteiger partial charge >= 0.3 is 0 Å². The highest BCUT2D eigenvalue weighted by atomic mass is 15.2. The Morgan fingerprint density at radius 3 is 2.53 bits per heavy atom. The predicted molar refractivity (Wildman–Crippen MR) is 82.0 cm³/mol. The summed E-state index contributed by atoms with van der Waals surface area (Å²) in [7, 11) is 0. The van der Waals surface area contributed by atoms with Crippen molar-refractivity contribution in [1.29, 1.82) is 0 Å². The normalized spacial score (nSPS) is 18.5. The molecule has 0 bridgehead atoms. The van der Waals surface area contributed by atoms with E-state index in [-0.39, 0.29) is 6.04 Å². The standard InChI is InChI=1S/C17H28N2/c1-3-4-12-19(16-10-11-16)13-14(2)17(18)15-8-6-5-7-9-15/h5-9,14,16-17H,3-4,10-13,18H2,1-2H3. The lowest BCUT2D eigenvalue weighted by atomic mass is 9.95. The summed E-state index contributed by atoms with van der Waals surface area (Å²) in [4.78, 5) is 2.66.